The summed E-state index contributed by atoms with van der Waals surface area (Å²) in [6.07, 6.45) is 1.78. The number of hydrogen-bond acceptors (Lipinski definition) is 5. The fourth-order valence-corrected chi connectivity index (χ4v) is 3.85. The third-order valence-corrected chi connectivity index (χ3v) is 5.61. The molecule has 2 aromatic rings. The number of amidine groups is 1. The number of pyridine rings is 1. The summed E-state index contributed by atoms with van der Waals surface area (Å²) >= 11 is 0. The number of aliphatic imine (C=N–C) groups is 1. The zero-order valence-corrected chi connectivity index (χ0v) is 17.6. The molecular formula is C22H25N5O3. The number of amides is 3. The molecule has 3 amide bonds. The Labute approximate surface area is 175 Å². The molecule has 1 unspecified atom stereocenters. The lowest BCUT2D eigenvalue weighted by atomic mass is 10.1. The molecule has 0 radical (unpaired) electrons. The second kappa shape index (κ2) is 7.78. The summed E-state index contributed by atoms with van der Waals surface area (Å²) < 4.78 is 5.23. The van der Waals surface area contributed by atoms with Crippen LogP contribution in [0.15, 0.2) is 41.5 Å². The van der Waals surface area contributed by atoms with E-state index < -0.39 is 6.04 Å². The third-order valence-electron chi connectivity index (χ3n) is 5.61. The van der Waals surface area contributed by atoms with Gasteiger partial charge < -0.3 is 9.64 Å². The molecule has 2 aliphatic heterocycles. The summed E-state index contributed by atoms with van der Waals surface area (Å²) in [5.41, 5.74) is 3.09. The fourth-order valence-electron chi connectivity index (χ4n) is 3.85. The van der Waals surface area contributed by atoms with Crippen LogP contribution in [-0.2, 0) is 11.3 Å². The summed E-state index contributed by atoms with van der Waals surface area (Å²) in [7, 11) is 1.62. The standard InChI is InChI=1S/C22H25N5O3/c1-5-25(6-2)16-11-18-19(23-12-16)20-24-21(28)14(3)27(20)22(29)26(18)13-15-7-9-17(30-4)10-8-15/h7-12,14H,5-6,13H2,1-4H3. The van der Waals surface area contributed by atoms with Gasteiger partial charge in [-0.25, -0.2) is 9.78 Å². The second-order valence-electron chi connectivity index (χ2n) is 7.27. The Morgan fingerprint density at radius 1 is 1.13 bits per heavy atom. The minimum absolute atomic E-state index is 0.270. The topological polar surface area (TPSA) is 78.3 Å². The van der Waals surface area contributed by atoms with Crippen molar-refractivity contribution in [2.24, 2.45) is 4.99 Å². The number of anilines is 2. The average Bonchev–Trinajstić information content (AvgIpc) is 3.07. The molecule has 0 saturated heterocycles. The highest BCUT2D eigenvalue weighted by atomic mass is 16.5. The van der Waals surface area contributed by atoms with Gasteiger partial charge in [0.05, 0.1) is 31.2 Å². The molecule has 2 aliphatic rings. The molecule has 0 fully saturated rings. The van der Waals surface area contributed by atoms with Crippen molar-refractivity contribution in [3.8, 4) is 5.75 Å². The van der Waals surface area contributed by atoms with Crippen molar-refractivity contribution in [1.29, 1.82) is 0 Å². The summed E-state index contributed by atoms with van der Waals surface area (Å²) in [6.45, 7) is 7.85. The number of ether oxygens (including phenoxy) is 1. The average molecular weight is 407 g/mol. The van der Waals surface area contributed by atoms with E-state index in [1.165, 1.54) is 4.90 Å². The van der Waals surface area contributed by atoms with Crippen molar-refractivity contribution in [3.63, 3.8) is 0 Å². The van der Waals surface area contributed by atoms with E-state index in [1.54, 1.807) is 25.1 Å². The Kier molecular flexibility index (Phi) is 5.15. The van der Waals surface area contributed by atoms with Crippen LogP contribution in [0.1, 0.15) is 32.0 Å². The lowest BCUT2D eigenvalue weighted by Gasteiger charge is -2.36. The third kappa shape index (κ3) is 3.18. The number of benzene rings is 1. The normalized spacial score (nSPS) is 17.6. The van der Waals surface area contributed by atoms with Crippen molar-refractivity contribution in [3.05, 3.63) is 47.8 Å². The van der Waals surface area contributed by atoms with Crippen LogP contribution in [0.2, 0.25) is 0 Å². The van der Waals surface area contributed by atoms with Gasteiger partial charge in [-0.15, -0.1) is 0 Å². The van der Waals surface area contributed by atoms with Crippen molar-refractivity contribution in [1.82, 2.24) is 9.88 Å². The number of carbonyl (C=O) groups is 2. The summed E-state index contributed by atoms with van der Waals surface area (Å²) in [6, 6.07) is 8.64. The predicted molar refractivity (Wildman–Crippen MR) is 115 cm³/mol. The fraction of sp³-hybridized carbons (Fsp3) is 0.364. The van der Waals surface area contributed by atoms with Crippen molar-refractivity contribution in [2.45, 2.75) is 33.4 Å². The molecule has 8 heteroatoms. The molecule has 1 aromatic heterocycles. The Bertz CT molecular complexity index is 1010. The molecule has 3 heterocycles. The highest BCUT2D eigenvalue weighted by Crippen LogP contribution is 2.35. The highest BCUT2D eigenvalue weighted by molar-refractivity contribution is 6.25. The van der Waals surface area contributed by atoms with Gasteiger partial charge in [-0.05, 0) is 44.5 Å². The molecule has 8 nitrogen and oxygen atoms in total. The lowest BCUT2D eigenvalue weighted by Crippen LogP contribution is -2.53. The minimum Gasteiger partial charge on any atom is -0.497 e. The molecule has 0 bridgehead atoms. The first-order chi connectivity index (χ1) is 14.5. The first-order valence-corrected chi connectivity index (χ1v) is 10.1. The van der Waals surface area contributed by atoms with Crippen LogP contribution >= 0.6 is 0 Å². The summed E-state index contributed by atoms with van der Waals surface area (Å²) in [4.78, 5) is 39.7. The smallest absolute Gasteiger partial charge is 0.331 e. The molecule has 0 N–H and O–H groups in total. The molecule has 0 spiro atoms. The maximum absolute atomic E-state index is 13.4. The van der Waals surface area contributed by atoms with Gasteiger partial charge in [-0.1, -0.05) is 12.1 Å². The van der Waals surface area contributed by atoms with E-state index in [2.05, 4.69) is 28.7 Å². The van der Waals surface area contributed by atoms with Crippen LogP contribution in [0.4, 0.5) is 16.2 Å². The maximum Gasteiger partial charge on any atom is 0.331 e. The quantitative estimate of drug-likeness (QED) is 0.735. The SMILES string of the molecule is CCN(CC)c1cnc2c(c1)N(Cc1ccc(OC)cc1)C(=O)N1C2=NC(=O)C1C. The number of hydrogen-bond donors (Lipinski definition) is 0. The largest absolute Gasteiger partial charge is 0.497 e. The maximum atomic E-state index is 13.4. The summed E-state index contributed by atoms with van der Waals surface area (Å²) in [5, 5.41) is 0. The molecule has 4 rings (SSSR count). The van der Waals surface area contributed by atoms with Gasteiger partial charge >= 0.3 is 6.03 Å². The Morgan fingerprint density at radius 3 is 2.47 bits per heavy atom. The summed E-state index contributed by atoms with van der Waals surface area (Å²) in [5.74, 6) is 0.762. The minimum atomic E-state index is -0.636. The van der Waals surface area contributed by atoms with Gasteiger partial charge in [0.1, 0.15) is 17.5 Å². The van der Waals surface area contributed by atoms with E-state index in [-0.39, 0.29) is 11.9 Å². The van der Waals surface area contributed by atoms with E-state index >= 15 is 0 Å². The molecule has 30 heavy (non-hydrogen) atoms. The Balaban J connectivity index is 1.80. The van der Waals surface area contributed by atoms with Gasteiger partial charge in [0.25, 0.3) is 5.91 Å². The first-order valence-electron chi connectivity index (χ1n) is 10.1. The van der Waals surface area contributed by atoms with E-state index in [0.717, 1.165) is 30.1 Å². The Hall–Kier alpha value is -3.42. The van der Waals surface area contributed by atoms with Crippen LogP contribution in [0.3, 0.4) is 0 Å². The zero-order valence-electron chi connectivity index (χ0n) is 17.6. The van der Waals surface area contributed by atoms with Crippen molar-refractivity contribution < 1.29 is 14.3 Å². The van der Waals surface area contributed by atoms with Gasteiger partial charge in [0, 0.05) is 13.1 Å². The highest BCUT2D eigenvalue weighted by Gasteiger charge is 2.45. The first kappa shape index (κ1) is 19.9. The van der Waals surface area contributed by atoms with Crippen LogP contribution in [-0.4, -0.2) is 53.9 Å². The van der Waals surface area contributed by atoms with Crippen LogP contribution in [0.5, 0.6) is 5.75 Å². The van der Waals surface area contributed by atoms with E-state index in [4.69, 9.17) is 4.74 Å². The van der Waals surface area contributed by atoms with Gasteiger partial charge in [0.2, 0.25) is 0 Å². The predicted octanol–water partition coefficient (Wildman–Crippen LogP) is 3.05. The second-order valence-corrected chi connectivity index (χ2v) is 7.27. The van der Waals surface area contributed by atoms with Crippen molar-refractivity contribution in [2.75, 3.05) is 30.0 Å². The van der Waals surface area contributed by atoms with Crippen LogP contribution in [0, 0.1) is 0 Å². The number of methoxy groups -OCH3 is 1. The molecule has 156 valence electrons. The number of fused-ring (bicyclic) bond motifs is 3. The number of urea groups is 1. The molecular weight excluding hydrogens is 382 g/mol. The monoisotopic (exact) mass is 407 g/mol. The molecule has 1 atom stereocenters. The molecule has 0 aliphatic carbocycles. The Morgan fingerprint density at radius 2 is 1.83 bits per heavy atom. The number of nitrogens with zero attached hydrogens (tertiary/aromatic N) is 5. The lowest BCUT2D eigenvalue weighted by molar-refractivity contribution is -0.119. The van der Waals surface area contributed by atoms with Gasteiger partial charge in [-0.2, -0.15) is 4.99 Å². The molecule has 0 saturated carbocycles. The van der Waals surface area contributed by atoms with Crippen LogP contribution in [0.25, 0.3) is 0 Å². The number of carbonyl (C=O) groups excluding carboxylic acids is 2. The van der Waals surface area contributed by atoms with Crippen LogP contribution < -0.4 is 14.5 Å². The zero-order chi connectivity index (χ0) is 21.4. The van der Waals surface area contributed by atoms with Crippen molar-refractivity contribution >= 4 is 29.1 Å². The van der Waals surface area contributed by atoms with E-state index in [0.29, 0.717) is 23.8 Å². The van der Waals surface area contributed by atoms with Gasteiger partial charge in [-0.3, -0.25) is 14.6 Å². The van der Waals surface area contributed by atoms with E-state index in [1.807, 2.05) is 30.3 Å². The molecule has 1 aromatic carbocycles. The van der Waals surface area contributed by atoms with E-state index in [9.17, 15) is 9.59 Å². The number of aromatic nitrogens is 1. The number of rotatable bonds is 6. The van der Waals surface area contributed by atoms with Gasteiger partial charge in [0.15, 0.2) is 5.84 Å².